The molecule has 1 aromatic rings. The third-order valence-electron chi connectivity index (χ3n) is 6.32. The first-order valence-corrected chi connectivity index (χ1v) is 10.5. The molecule has 10 heteroatoms. The standard InChI is InChI=1S/C22H23N3O7/c1-11(25-20(29)13-5-3-4-6-14(13)21(25)30)22(31)32-10-17(26)23-12-7-8-15-16(9-12)19(28)24(2)18(15)27/h7-9,11,13-14H,3-6,10H2,1-2H3,(H,23,26). The normalized spacial score (nSPS) is 23.2. The van der Waals surface area contributed by atoms with Crippen molar-refractivity contribution in [2.45, 2.75) is 38.6 Å². The molecule has 1 saturated heterocycles. The van der Waals surface area contributed by atoms with Gasteiger partial charge in [0.1, 0.15) is 6.04 Å². The van der Waals surface area contributed by atoms with Crippen molar-refractivity contribution in [2.24, 2.45) is 11.8 Å². The second-order valence-electron chi connectivity index (χ2n) is 8.31. The van der Waals surface area contributed by atoms with Gasteiger partial charge in [-0.2, -0.15) is 0 Å². The number of nitrogens with zero attached hydrogens (tertiary/aromatic N) is 2. The minimum absolute atomic E-state index is 0.174. The van der Waals surface area contributed by atoms with Crippen molar-refractivity contribution in [3.63, 3.8) is 0 Å². The van der Waals surface area contributed by atoms with E-state index in [0.717, 1.165) is 22.6 Å². The number of hydrogen-bond donors (Lipinski definition) is 1. The van der Waals surface area contributed by atoms with Gasteiger partial charge < -0.3 is 10.1 Å². The van der Waals surface area contributed by atoms with E-state index in [9.17, 15) is 28.8 Å². The van der Waals surface area contributed by atoms with Gasteiger partial charge in [0.15, 0.2) is 6.61 Å². The molecule has 0 radical (unpaired) electrons. The van der Waals surface area contributed by atoms with E-state index in [-0.39, 0.29) is 40.5 Å². The Balaban J connectivity index is 1.34. The minimum atomic E-state index is -1.12. The molecule has 0 bridgehead atoms. The molecule has 1 aromatic carbocycles. The Morgan fingerprint density at radius 2 is 1.62 bits per heavy atom. The quantitative estimate of drug-likeness (QED) is 0.532. The second-order valence-corrected chi connectivity index (χ2v) is 8.31. The first kappa shape index (κ1) is 21.7. The van der Waals surface area contributed by atoms with Crippen molar-refractivity contribution in [3.8, 4) is 0 Å². The highest BCUT2D eigenvalue weighted by molar-refractivity contribution is 6.21. The molecule has 0 spiro atoms. The van der Waals surface area contributed by atoms with E-state index in [0.29, 0.717) is 12.8 Å². The highest BCUT2D eigenvalue weighted by atomic mass is 16.5. The molecule has 3 unspecified atom stereocenters. The average Bonchev–Trinajstić information content (AvgIpc) is 3.17. The lowest BCUT2D eigenvalue weighted by Crippen LogP contribution is -2.45. The summed E-state index contributed by atoms with van der Waals surface area (Å²) in [6.45, 7) is 0.781. The van der Waals surface area contributed by atoms with Crippen LogP contribution in [0.1, 0.15) is 53.3 Å². The molecule has 2 fully saturated rings. The number of esters is 1. The van der Waals surface area contributed by atoms with Gasteiger partial charge in [-0.1, -0.05) is 12.8 Å². The van der Waals surface area contributed by atoms with E-state index in [1.165, 1.54) is 32.2 Å². The fourth-order valence-electron chi connectivity index (χ4n) is 4.57. The van der Waals surface area contributed by atoms with E-state index in [1.54, 1.807) is 0 Å². The van der Waals surface area contributed by atoms with Crippen LogP contribution in [-0.2, 0) is 23.9 Å². The predicted octanol–water partition coefficient (Wildman–Crippen LogP) is 0.958. The van der Waals surface area contributed by atoms with Gasteiger partial charge in [-0.3, -0.25) is 33.8 Å². The van der Waals surface area contributed by atoms with Crippen LogP contribution in [0.3, 0.4) is 0 Å². The lowest BCUT2D eigenvalue weighted by Gasteiger charge is -2.21. The molecule has 0 aromatic heterocycles. The molecule has 1 saturated carbocycles. The predicted molar refractivity (Wildman–Crippen MR) is 109 cm³/mol. The molecule has 32 heavy (non-hydrogen) atoms. The first-order chi connectivity index (χ1) is 15.2. The molecule has 1 aliphatic carbocycles. The highest BCUT2D eigenvalue weighted by Gasteiger charge is 2.51. The topological polar surface area (TPSA) is 130 Å². The lowest BCUT2D eigenvalue weighted by atomic mass is 9.81. The van der Waals surface area contributed by atoms with Crippen LogP contribution in [0.4, 0.5) is 5.69 Å². The SMILES string of the molecule is CC(C(=O)OCC(=O)Nc1ccc2c(c1)C(=O)N(C)C2=O)N1C(=O)C2CCCCC2C1=O. The molecule has 3 aliphatic rings. The monoisotopic (exact) mass is 441 g/mol. The maximum absolute atomic E-state index is 12.6. The van der Waals surface area contributed by atoms with Crippen molar-refractivity contribution in [1.29, 1.82) is 0 Å². The highest BCUT2D eigenvalue weighted by Crippen LogP contribution is 2.38. The number of hydrogen-bond acceptors (Lipinski definition) is 7. The van der Waals surface area contributed by atoms with E-state index < -0.39 is 36.3 Å². The number of amides is 5. The summed E-state index contributed by atoms with van der Waals surface area (Å²) in [5, 5.41) is 2.50. The molecule has 2 heterocycles. The second kappa shape index (κ2) is 8.18. The fraction of sp³-hybridized carbons (Fsp3) is 0.455. The van der Waals surface area contributed by atoms with E-state index in [1.807, 2.05) is 0 Å². The van der Waals surface area contributed by atoms with Gasteiger partial charge in [0.2, 0.25) is 11.8 Å². The van der Waals surface area contributed by atoms with Crippen molar-refractivity contribution in [3.05, 3.63) is 29.3 Å². The van der Waals surface area contributed by atoms with Crippen LogP contribution >= 0.6 is 0 Å². The van der Waals surface area contributed by atoms with Crippen LogP contribution in [0.5, 0.6) is 0 Å². The summed E-state index contributed by atoms with van der Waals surface area (Å²) in [5.74, 6) is -3.85. The van der Waals surface area contributed by atoms with Crippen LogP contribution < -0.4 is 5.32 Å². The Labute approximate surface area is 183 Å². The number of nitrogens with one attached hydrogen (secondary N) is 1. The molecule has 168 valence electrons. The number of imide groups is 2. The molecule has 4 rings (SSSR count). The zero-order valence-corrected chi connectivity index (χ0v) is 17.8. The summed E-state index contributed by atoms with van der Waals surface area (Å²) in [4.78, 5) is 75.8. The van der Waals surface area contributed by atoms with E-state index in [4.69, 9.17) is 4.74 Å². The molecule has 3 atom stereocenters. The zero-order valence-electron chi connectivity index (χ0n) is 17.8. The number of rotatable bonds is 5. The summed E-state index contributed by atoms with van der Waals surface area (Å²) in [6, 6.07) is 3.17. The van der Waals surface area contributed by atoms with Crippen LogP contribution in [-0.4, -0.2) is 65.0 Å². The van der Waals surface area contributed by atoms with Crippen molar-refractivity contribution in [2.75, 3.05) is 19.0 Å². The summed E-state index contributed by atoms with van der Waals surface area (Å²) in [6.07, 6.45) is 3.04. The number of benzene rings is 1. The Bertz CT molecular complexity index is 1030. The maximum Gasteiger partial charge on any atom is 0.329 e. The summed E-state index contributed by atoms with van der Waals surface area (Å²) in [5.41, 5.74) is 0.688. The van der Waals surface area contributed by atoms with Gasteiger partial charge in [-0.05, 0) is 38.0 Å². The Morgan fingerprint density at radius 1 is 1.03 bits per heavy atom. The third-order valence-corrected chi connectivity index (χ3v) is 6.32. The van der Waals surface area contributed by atoms with Gasteiger partial charge in [-0.25, -0.2) is 4.79 Å². The number of fused-ring (bicyclic) bond motifs is 2. The van der Waals surface area contributed by atoms with Gasteiger partial charge in [-0.15, -0.1) is 0 Å². The Morgan fingerprint density at radius 3 is 2.25 bits per heavy atom. The maximum atomic E-state index is 12.6. The molecular weight excluding hydrogens is 418 g/mol. The van der Waals surface area contributed by atoms with Gasteiger partial charge in [0.05, 0.1) is 23.0 Å². The van der Waals surface area contributed by atoms with Crippen LogP contribution in [0.25, 0.3) is 0 Å². The van der Waals surface area contributed by atoms with Crippen molar-refractivity contribution >= 4 is 41.2 Å². The molecular formula is C22H23N3O7. The summed E-state index contributed by atoms with van der Waals surface area (Å²) < 4.78 is 5.02. The van der Waals surface area contributed by atoms with Gasteiger partial charge >= 0.3 is 5.97 Å². The first-order valence-electron chi connectivity index (χ1n) is 10.5. The number of carbonyl (C=O) groups excluding carboxylic acids is 6. The smallest absolute Gasteiger partial charge is 0.329 e. The van der Waals surface area contributed by atoms with Crippen LogP contribution in [0.2, 0.25) is 0 Å². The number of anilines is 1. The van der Waals surface area contributed by atoms with Crippen molar-refractivity contribution in [1.82, 2.24) is 9.80 Å². The molecule has 2 aliphatic heterocycles. The number of carbonyl (C=O) groups is 6. The van der Waals surface area contributed by atoms with Gasteiger partial charge in [0, 0.05) is 12.7 Å². The Hall–Kier alpha value is -3.56. The largest absolute Gasteiger partial charge is 0.454 e. The molecule has 10 nitrogen and oxygen atoms in total. The molecule has 5 amide bonds. The average molecular weight is 441 g/mol. The minimum Gasteiger partial charge on any atom is -0.454 e. The van der Waals surface area contributed by atoms with E-state index in [2.05, 4.69) is 5.32 Å². The van der Waals surface area contributed by atoms with E-state index >= 15 is 0 Å². The Kier molecular flexibility index (Phi) is 5.53. The van der Waals surface area contributed by atoms with Crippen molar-refractivity contribution < 1.29 is 33.5 Å². The van der Waals surface area contributed by atoms with Crippen LogP contribution in [0.15, 0.2) is 18.2 Å². The molecule has 1 N–H and O–H groups in total. The number of ether oxygens (including phenoxy) is 1. The lowest BCUT2D eigenvalue weighted by molar-refractivity contribution is -0.159. The van der Waals surface area contributed by atoms with Crippen LogP contribution in [0, 0.1) is 11.8 Å². The third kappa shape index (κ3) is 3.55. The fourth-order valence-corrected chi connectivity index (χ4v) is 4.57. The number of likely N-dealkylation sites (tertiary alicyclic amines) is 1. The summed E-state index contributed by atoms with van der Waals surface area (Å²) in [7, 11) is 1.37. The van der Waals surface area contributed by atoms with Gasteiger partial charge in [0.25, 0.3) is 17.7 Å². The zero-order chi connectivity index (χ0) is 23.2. The summed E-state index contributed by atoms with van der Waals surface area (Å²) >= 11 is 0.